The highest BCUT2D eigenvalue weighted by atomic mass is 79.9. The predicted molar refractivity (Wildman–Crippen MR) is 90.8 cm³/mol. The molecule has 5 heteroatoms. The van der Waals surface area contributed by atoms with Gasteiger partial charge in [0.1, 0.15) is 0 Å². The number of thiazole rings is 1. The van der Waals surface area contributed by atoms with Crippen molar-refractivity contribution in [2.75, 3.05) is 0 Å². The number of rotatable bonds is 2. The first-order valence-corrected chi connectivity index (χ1v) is 8.09. The maximum absolute atomic E-state index is 12.0. The number of Topliss-reactive ketones (excluding diaryl/α,β-unsaturated/α-hetero) is 1. The van der Waals surface area contributed by atoms with E-state index < -0.39 is 5.41 Å². The second-order valence-electron chi connectivity index (χ2n) is 5.74. The van der Waals surface area contributed by atoms with Crippen molar-refractivity contribution in [2.24, 2.45) is 5.41 Å². The number of hydrogen-bond acceptors (Lipinski definition) is 3. The third kappa shape index (κ3) is 4.25. The number of benzene rings is 1. The first-order chi connectivity index (χ1) is 9.75. The molecule has 1 aromatic carbocycles. The molecule has 0 radical (unpaired) electrons. The van der Waals surface area contributed by atoms with Gasteiger partial charge in [-0.1, -0.05) is 48.8 Å². The monoisotopic (exact) mass is 365 g/mol. The number of carbonyl (C=O) groups is 1. The van der Waals surface area contributed by atoms with E-state index in [1.807, 2.05) is 51.1 Å². The molecule has 0 unspecified atom stereocenters. The zero-order chi connectivity index (χ0) is 15.6. The van der Waals surface area contributed by atoms with E-state index in [1.165, 1.54) is 17.4 Å². The molecule has 0 aliphatic heterocycles. The van der Waals surface area contributed by atoms with E-state index in [0.29, 0.717) is 9.20 Å². The second-order valence-corrected chi connectivity index (χ2v) is 7.74. The lowest BCUT2D eigenvalue weighted by atomic mass is 9.91. The number of aromatic nitrogens is 1. The lowest BCUT2D eigenvalue weighted by Gasteiger charge is -2.12. The molecule has 0 saturated carbocycles. The molecule has 1 heterocycles. The summed E-state index contributed by atoms with van der Waals surface area (Å²) in [5.74, 6) is -0.00555. The lowest BCUT2D eigenvalue weighted by Crippen LogP contribution is -2.22. The molecule has 0 fully saturated rings. The molecule has 1 aromatic heterocycles. The van der Waals surface area contributed by atoms with Crippen LogP contribution in [-0.2, 0) is 4.79 Å². The first-order valence-electron chi connectivity index (χ1n) is 6.48. The molecule has 2 rings (SSSR count). The highest BCUT2D eigenvalue weighted by molar-refractivity contribution is 9.10. The van der Waals surface area contributed by atoms with Gasteiger partial charge in [0.15, 0.2) is 5.78 Å². The molecule has 1 N–H and O–H groups in total. The summed E-state index contributed by atoms with van der Waals surface area (Å²) in [7, 11) is 0. The predicted octanol–water partition coefficient (Wildman–Crippen LogP) is 2.42. The highest BCUT2D eigenvalue weighted by Gasteiger charge is 2.18. The summed E-state index contributed by atoms with van der Waals surface area (Å²) in [6.07, 6.45) is 3.32. The molecule has 0 bridgehead atoms. The largest absolute Gasteiger partial charge is 0.313 e. The van der Waals surface area contributed by atoms with Gasteiger partial charge in [-0.3, -0.25) is 9.59 Å². The quantitative estimate of drug-likeness (QED) is 0.888. The van der Waals surface area contributed by atoms with Crippen LogP contribution in [0.25, 0.3) is 12.2 Å². The van der Waals surface area contributed by atoms with Gasteiger partial charge in [0.2, 0.25) is 0 Å². The molecule has 0 aliphatic rings. The van der Waals surface area contributed by atoms with Crippen LogP contribution in [0.2, 0.25) is 0 Å². The van der Waals surface area contributed by atoms with E-state index in [1.54, 1.807) is 0 Å². The summed E-state index contributed by atoms with van der Waals surface area (Å²) in [5, 5.41) is 0. The number of H-pyrrole nitrogens is 1. The van der Waals surface area contributed by atoms with Crippen LogP contribution in [0.5, 0.6) is 0 Å². The smallest absolute Gasteiger partial charge is 0.266 e. The van der Waals surface area contributed by atoms with E-state index in [2.05, 4.69) is 20.9 Å². The van der Waals surface area contributed by atoms with Crippen molar-refractivity contribution < 1.29 is 4.79 Å². The number of nitrogens with one attached hydrogen (secondary N) is 1. The molecule has 0 amide bonds. The zero-order valence-corrected chi connectivity index (χ0v) is 14.5. The molecule has 0 spiro atoms. The number of hydrogen-bond donors (Lipinski definition) is 1. The average molecular weight is 366 g/mol. The minimum Gasteiger partial charge on any atom is -0.313 e. The van der Waals surface area contributed by atoms with E-state index in [4.69, 9.17) is 0 Å². The molecule has 2 aromatic rings. The van der Waals surface area contributed by atoms with Crippen LogP contribution < -0.4 is 14.8 Å². The number of halogens is 1. The Labute approximate surface area is 135 Å². The van der Waals surface area contributed by atoms with Crippen LogP contribution >= 0.6 is 27.3 Å². The first kappa shape index (κ1) is 15.9. The third-order valence-corrected chi connectivity index (χ3v) is 4.28. The van der Waals surface area contributed by atoms with Gasteiger partial charge in [0.25, 0.3) is 5.56 Å². The van der Waals surface area contributed by atoms with Crippen molar-refractivity contribution in [3.8, 4) is 0 Å². The Kier molecular flexibility index (Phi) is 4.64. The van der Waals surface area contributed by atoms with Crippen LogP contribution in [0.3, 0.4) is 0 Å². The van der Waals surface area contributed by atoms with Crippen molar-refractivity contribution in [2.45, 2.75) is 20.8 Å². The summed E-state index contributed by atoms with van der Waals surface area (Å²) >= 11 is 4.69. The van der Waals surface area contributed by atoms with Crippen LogP contribution in [0.15, 0.2) is 33.5 Å². The maximum atomic E-state index is 12.0. The Morgan fingerprint density at radius 3 is 2.67 bits per heavy atom. The summed E-state index contributed by atoms with van der Waals surface area (Å²) < 4.78 is 2.13. The highest BCUT2D eigenvalue weighted by Crippen LogP contribution is 2.14. The van der Waals surface area contributed by atoms with Crippen molar-refractivity contribution in [3.63, 3.8) is 0 Å². The molecule has 21 heavy (non-hydrogen) atoms. The summed E-state index contributed by atoms with van der Waals surface area (Å²) in [5.41, 5.74) is 0.313. The van der Waals surface area contributed by atoms with Crippen LogP contribution in [-0.4, -0.2) is 10.8 Å². The van der Waals surface area contributed by atoms with Crippen LogP contribution in [0, 0.1) is 5.41 Å². The Morgan fingerprint density at radius 2 is 2.05 bits per heavy atom. The third-order valence-electron chi connectivity index (χ3n) is 2.83. The van der Waals surface area contributed by atoms with Crippen molar-refractivity contribution in [1.29, 1.82) is 0 Å². The normalized spacial score (nSPS) is 13.7. The SMILES string of the molecule is CC(C)(C)C(=O)/C=c1\[nH]c(=O)/c(=C\c2cccc(Br)c2)s1. The van der Waals surface area contributed by atoms with Gasteiger partial charge < -0.3 is 4.98 Å². The van der Waals surface area contributed by atoms with E-state index in [-0.39, 0.29) is 11.3 Å². The molecule has 0 aliphatic carbocycles. The topological polar surface area (TPSA) is 49.9 Å². The van der Waals surface area contributed by atoms with Gasteiger partial charge >= 0.3 is 0 Å². The van der Waals surface area contributed by atoms with Crippen molar-refractivity contribution in [1.82, 2.24) is 4.98 Å². The fourth-order valence-corrected chi connectivity index (χ4v) is 2.91. The van der Waals surface area contributed by atoms with Gasteiger partial charge in [0, 0.05) is 16.0 Å². The molecular weight excluding hydrogens is 350 g/mol. The molecule has 0 atom stereocenters. The zero-order valence-electron chi connectivity index (χ0n) is 12.1. The minimum absolute atomic E-state index is 0.00555. The van der Waals surface area contributed by atoms with E-state index in [9.17, 15) is 9.59 Å². The van der Waals surface area contributed by atoms with E-state index >= 15 is 0 Å². The Hall–Kier alpha value is -1.46. The molecule has 0 saturated heterocycles. The van der Waals surface area contributed by atoms with Gasteiger partial charge in [0.05, 0.1) is 9.20 Å². The Balaban J connectivity index is 2.48. The molecule has 3 nitrogen and oxygen atoms in total. The summed E-state index contributed by atoms with van der Waals surface area (Å²) in [4.78, 5) is 26.6. The second kappa shape index (κ2) is 6.12. The van der Waals surface area contributed by atoms with Crippen LogP contribution in [0.1, 0.15) is 26.3 Å². The maximum Gasteiger partial charge on any atom is 0.266 e. The summed E-state index contributed by atoms with van der Waals surface area (Å²) in [6.45, 7) is 5.56. The number of aromatic amines is 1. The Morgan fingerprint density at radius 1 is 1.33 bits per heavy atom. The lowest BCUT2D eigenvalue weighted by molar-refractivity contribution is -0.119. The van der Waals surface area contributed by atoms with Crippen molar-refractivity contribution >= 4 is 45.2 Å². The standard InChI is InChI=1S/C16H16BrNO2S/c1-16(2,3)13(19)9-14-18-15(20)12(21-14)8-10-5-4-6-11(17)7-10/h4-9H,1-3H3,(H,18,20)/b12-8+,14-9+. The summed E-state index contributed by atoms with van der Waals surface area (Å²) in [6, 6.07) is 7.70. The molecular formula is C16H16BrNO2S. The van der Waals surface area contributed by atoms with Gasteiger partial charge in [-0.2, -0.15) is 0 Å². The van der Waals surface area contributed by atoms with Gasteiger partial charge in [-0.05, 0) is 23.8 Å². The average Bonchev–Trinajstić information content (AvgIpc) is 2.68. The number of ketones is 1. The van der Waals surface area contributed by atoms with Crippen LogP contribution in [0.4, 0.5) is 0 Å². The molecule has 110 valence electrons. The van der Waals surface area contributed by atoms with Gasteiger partial charge in [-0.25, -0.2) is 0 Å². The minimum atomic E-state index is -0.449. The van der Waals surface area contributed by atoms with Crippen molar-refractivity contribution in [3.05, 3.63) is 53.9 Å². The fraction of sp³-hybridized carbons (Fsp3) is 0.250. The number of carbonyl (C=O) groups excluding carboxylic acids is 1. The Bertz CT molecular complexity index is 840. The fourth-order valence-electron chi connectivity index (χ4n) is 1.61. The van der Waals surface area contributed by atoms with E-state index in [0.717, 1.165) is 10.0 Å². The van der Waals surface area contributed by atoms with Gasteiger partial charge in [-0.15, -0.1) is 11.3 Å².